The summed E-state index contributed by atoms with van der Waals surface area (Å²) < 4.78 is 25.1. The summed E-state index contributed by atoms with van der Waals surface area (Å²) in [7, 11) is -3.90. The molecule has 0 bridgehead atoms. The van der Waals surface area contributed by atoms with Crippen molar-refractivity contribution < 1.29 is 8.42 Å². The number of rotatable bonds is 4. The third-order valence-corrected chi connectivity index (χ3v) is 6.62. The molecule has 0 saturated carbocycles. The number of halogens is 1. The molecule has 2 aromatic heterocycles. The number of hydrogen-bond acceptors (Lipinski definition) is 6. The van der Waals surface area contributed by atoms with E-state index < -0.39 is 9.84 Å². The van der Waals surface area contributed by atoms with Crippen LogP contribution in [-0.2, 0) is 9.84 Å². The summed E-state index contributed by atoms with van der Waals surface area (Å²) >= 11 is 8.73. The molecule has 0 amide bonds. The molecular formula is C16H9ClN2O2S3. The molecule has 0 fully saturated rings. The van der Waals surface area contributed by atoms with Gasteiger partial charge in [0.15, 0.2) is 4.91 Å². The van der Waals surface area contributed by atoms with E-state index in [1.807, 2.05) is 16.8 Å². The third-order valence-electron chi connectivity index (χ3n) is 3.09. The lowest BCUT2D eigenvalue weighted by molar-refractivity contribution is 0.603. The highest BCUT2D eigenvalue weighted by molar-refractivity contribution is 7.95. The van der Waals surface area contributed by atoms with E-state index in [1.165, 1.54) is 41.7 Å². The normalized spacial score (nSPS) is 12.1. The molecule has 1 aromatic carbocycles. The maximum Gasteiger partial charge on any atom is 0.216 e. The molecule has 0 saturated heterocycles. The van der Waals surface area contributed by atoms with E-state index >= 15 is 0 Å². The van der Waals surface area contributed by atoms with Crippen molar-refractivity contribution in [2.45, 2.75) is 4.90 Å². The van der Waals surface area contributed by atoms with Crippen molar-refractivity contribution in [3.63, 3.8) is 0 Å². The van der Waals surface area contributed by atoms with Crippen molar-refractivity contribution >= 4 is 50.2 Å². The molecule has 0 spiro atoms. The maximum atomic E-state index is 12.6. The quantitative estimate of drug-likeness (QED) is 0.594. The van der Waals surface area contributed by atoms with Gasteiger partial charge in [-0.2, -0.15) is 16.6 Å². The second-order valence-corrected chi connectivity index (χ2v) is 8.66. The standard InChI is InChI=1S/C16H9ClN2O2S3/c17-12-1-3-14(4-2-12)24(20,21)15(8-18)7-13-10-23-16(19-13)11-5-6-22-9-11/h1-7,9-10H. The second-order valence-electron chi connectivity index (χ2n) is 4.67. The molecule has 3 rings (SSSR count). The van der Waals surface area contributed by atoms with Gasteiger partial charge < -0.3 is 0 Å². The second kappa shape index (κ2) is 6.87. The molecule has 4 nitrogen and oxygen atoms in total. The average molecular weight is 393 g/mol. The minimum atomic E-state index is -3.90. The summed E-state index contributed by atoms with van der Waals surface area (Å²) in [5.74, 6) is 0. The predicted molar refractivity (Wildman–Crippen MR) is 97.7 cm³/mol. The van der Waals surface area contributed by atoms with Crippen molar-refractivity contribution in [3.05, 3.63) is 62.1 Å². The Hall–Kier alpha value is -1.98. The molecule has 0 aliphatic carbocycles. The minimum absolute atomic E-state index is 0.0213. The molecule has 0 unspecified atom stereocenters. The summed E-state index contributed by atoms with van der Waals surface area (Å²) in [6, 6.07) is 9.39. The fourth-order valence-corrected chi connectivity index (χ4v) is 4.68. The Morgan fingerprint density at radius 2 is 1.96 bits per heavy atom. The Kier molecular flexibility index (Phi) is 4.83. The average Bonchev–Trinajstić information content (AvgIpc) is 3.24. The molecule has 3 aromatic rings. The van der Waals surface area contributed by atoms with Crippen molar-refractivity contribution in [2.24, 2.45) is 0 Å². The number of nitriles is 1. The van der Waals surface area contributed by atoms with Crippen LogP contribution in [0.2, 0.25) is 5.02 Å². The third kappa shape index (κ3) is 3.42. The number of aromatic nitrogens is 1. The number of sulfone groups is 1. The summed E-state index contributed by atoms with van der Waals surface area (Å²) in [6.07, 6.45) is 1.29. The SMILES string of the molecule is N#CC(=Cc1csc(-c2ccsc2)n1)S(=O)(=O)c1ccc(Cl)cc1. The van der Waals surface area contributed by atoms with Crippen molar-refractivity contribution in [2.75, 3.05) is 0 Å². The fraction of sp³-hybridized carbons (Fsp3) is 0. The van der Waals surface area contributed by atoms with Crippen LogP contribution in [0.15, 0.2) is 56.3 Å². The van der Waals surface area contributed by atoms with E-state index in [-0.39, 0.29) is 9.80 Å². The number of nitrogens with zero attached hydrogens (tertiary/aromatic N) is 2. The molecule has 0 aliphatic heterocycles. The summed E-state index contributed by atoms with van der Waals surface area (Å²) in [5.41, 5.74) is 1.42. The van der Waals surface area contributed by atoms with E-state index in [0.717, 1.165) is 10.6 Å². The topological polar surface area (TPSA) is 70.8 Å². The molecule has 0 radical (unpaired) electrons. The van der Waals surface area contributed by atoms with E-state index in [1.54, 1.807) is 22.8 Å². The molecule has 0 N–H and O–H groups in total. The van der Waals surface area contributed by atoms with Crippen molar-refractivity contribution in [1.29, 1.82) is 5.26 Å². The number of hydrogen-bond donors (Lipinski definition) is 0. The van der Waals surface area contributed by atoms with Crippen LogP contribution >= 0.6 is 34.3 Å². The van der Waals surface area contributed by atoms with Crippen LogP contribution in [0.1, 0.15) is 5.69 Å². The Bertz CT molecular complexity index is 1030. The van der Waals surface area contributed by atoms with Gasteiger partial charge in [-0.15, -0.1) is 11.3 Å². The molecule has 120 valence electrons. The van der Waals surface area contributed by atoms with Crippen LogP contribution < -0.4 is 0 Å². The van der Waals surface area contributed by atoms with Crippen LogP contribution in [-0.4, -0.2) is 13.4 Å². The zero-order chi connectivity index (χ0) is 17.2. The first-order chi connectivity index (χ1) is 11.5. The van der Waals surface area contributed by atoms with E-state index in [9.17, 15) is 13.7 Å². The van der Waals surface area contributed by atoms with Gasteiger partial charge in [0.25, 0.3) is 0 Å². The van der Waals surface area contributed by atoms with Gasteiger partial charge in [-0.05, 0) is 41.8 Å². The van der Waals surface area contributed by atoms with E-state index in [0.29, 0.717) is 10.7 Å². The number of thiophene rings is 1. The van der Waals surface area contributed by atoms with Crippen molar-refractivity contribution in [1.82, 2.24) is 4.98 Å². The van der Waals surface area contributed by atoms with Gasteiger partial charge in [0.2, 0.25) is 9.84 Å². The van der Waals surface area contributed by atoms with Gasteiger partial charge in [-0.25, -0.2) is 13.4 Å². The highest BCUT2D eigenvalue weighted by Gasteiger charge is 2.21. The fourth-order valence-electron chi connectivity index (χ4n) is 1.92. The first-order valence-electron chi connectivity index (χ1n) is 6.61. The Labute approximate surface area is 152 Å². The smallest absolute Gasteiger partial charge is 0.216 e. The molecule has 0 atom stereocenters. The first kappa shape index (κ1) is 16.9. The number of benzene rings is 1. The summed E-state index contributed by atoms with van der Waals surface area (Å²) in [6.45, 7) is 0. The molecule has 2 heterocycles. The molecular weight excluding hydrogens is 384 g/mol. The van der Waals surface area contributed by atoms with Gasteiger partial charge in [-0.3, -0.25) is 0 Å². The van der Waals surface area contributed by atoms with Gasteiger partial charge in [0, 0.05) is 21.3 Å². The zero-order valence-electron chi connectivity index (χ0n) is 12.0. The van der Waals surface area contributed by atoms with Crippen LogP contribution in [0.5, 0.6) is 0 Å². The number of thiazole rings is 1. The van der Waals surface area contributed by atoms with E-state index in [2.05, 4.69) is 4.98 Å². The molecule has 8 heteroatoms. The zero-order valence-corrected chi connectivity index (χ0v) is 15.2. The van der Waals surface area contributed by atoms with Crippen molar-refractivity contribution in [3.8, 4) is 16.6 Å². The monoisotopic (exact) mass is 392 g/mol. The Balaban J connectivity index is 1.98. The minimum Gasteiger partial charge on any atom is -0.237 e. The van der Waals surface area contributed by atoms with Crippen LogP contribution in [0, 0.1) is 11.3 Å². The van der Waals surface area contributed by atoms with Crippen LogP contribution in [0.3, 0.4) is 0 Å². The lowest BCUT2D eigenvalue weighted by Gasteiger charge is -2.02. The summed E-state index contributed by atoms with van der Waals surface area (Å²) in [4.78, 5) is 4.04. The van der Waals surface area contributed by atoms with E-state index in [4.69, 9.17) is 11.6 Å². The number of allylic oxidation sites excluding steroid dienone is 1. The molecule has 24 heavy (non-hydrogen) atoms. The van der Waals surface area contributed by atoms with Gasteiger partial charge in [-0.1, -0.05) is 11.6 Å². The van der Waals surface area contributed by atoms with Gasteiger partial charge in [0.1, 0.15) is 11.1 Å². The van der Waals surface area contributed by atoms with Crippen LogP contribution in [0.4, 0.5) is 0 Å². The van der Waals surface area contributed by atoms with Gasteiger partial charge >= 0.3 is 0 Å². The highest BCUT2D eigenvalue weighted by Crippen LogP contribution is 2.28. The van der Waals surface area contributed by atoms with Crippen LogP contribution in [0.25, 0.3) is 16.6 Å². The summed E-state index contributed by atoms with van der Waals surface area (Å²) in [5, 5.41) is 16.1. The Morgan fingerprint density at radius 1 is 1.21 bits per heavy atom. The maximum absolute atomic E-state index is 12.6. The van der Waals surface area contributed by atoms with Gasteiger partial charge in [0.05, 0.1) is 10.6 Å². The lowest BCUT2D eigenvalue weighted by Crippen LogP contribution is -2.03. The predicted octanol–water partition coefficient (Wildman–Crippen LogP) is 4.86. The lowest BCUT2D eigenvalue weighted by atomic mass is 10.3. The molecule has 0 aliphatic rings. The Morgan fingerprint density at radius 3 is 2.58 bits per heavy atom. The highest BCUT2D eigenvalue weighted by atomic mass is 35.5. The largest absolute Gasteiger partial charge is 0.237 e. The first-order valence-corrected chi connectivity index (χ1v) is 10.3.